The van der Waals surface area contributed by atoms with Crippen molar-refractivity contribution >= 4 is 23.4 Å². The van der Waals surface area contributed by atoms with Crippen LogP contribution >= 0.6 is 0 Å². The average Bonchev–Trinajstić information content (AvgIpc) is 2.84. The lowest BCUT2D eigenvalue weighted by Crippen LogP contribution is -2.33. The number of nitrogens with one attached hydrogen (secondary N) is 1. The summed E-state index contributed by atoms with van der Waals surface area (Å²) in [7, 11) is 1.62. The van der Waals surface area contributed by atoms with Crippen LogP contribution in [0.25, 0.3) is 0 Å². The molecule has 22 heavy (non-hydrogen) atoms. The highest BCUT2D eigenvalue weighted by atomic mass is 16.5. The van der Waals surface area contributed by atoms with Gasteiger partial charge < -0.3 is 10.1 Å². The van der Waals surface area contributed by atoms with Crippen LogP contribution in [-0.2, 0) is 14.3 Å². The molecular weight excluding hydrogens is 284 g/mol. The number of carbonyl (C=O) groups excluding carboxylic acids is 3. The Hall–Kier alpha value is -2.21. The average molecular weight is 304 g/mol. The molecule has 1 atom stereocenters. The normalized spacial score (nSPS) is 16.0. The van der Waals surface area contributed by atoms with Gasteiger partial charge in [0.05, 0.1) is 5.69 Å². The lowest BCUT2D eigenvalue weighted by atomic mass is 10.1. The maximum atomic E-state index is 12.1. The van der Waals surface area contributed by atoms with Gasteiger partial charge in [0, 0.05) is 38.2 Å². The summed E-state index contributed by atoms with van der Waals surface area (Å²) < 4.78 is 4.97. The van der Waals surface area contributed by atoms with Crippen LogP contribution in [-0.4, -0.2) is 37.5 Å². The zero-order valence-corrected chi connectivity index (χ0v) is 12.8. The fourth-order valence-corrected chi connectivity index (χ4v) is 2.30. The Morgan fingerprint density at radius 1 is 1.23 bits per heavy atom. The molecule has 1 aliphatic heterocycles. The molecule has 0 saturated carbocycles. The van der Waals surface area contributed by atoms with E-state index in [1.165, 1.54) is 4.90 Å². The third-order valence-electron chi connectivity index (χ3n) is 3.57. The summed E-state index contributed by atoms with van der Waals surface area (Å²) in [5.74, 6) is -0.583. The lowest BCUT2D eigenvalue weighted by Gasteiger charge is -2.15. The summed E-state index contributed by atoms with van der Waals surface area (Å²) in [6.45, 7) is 2.49. The third-order valence-corrected chi connectivity index (χ3v) is 3.57. The number of anilines is 1. The Kier molecular flexibility index (Phi) is 5.27. The van der Waals surface area contributed by atoms with E-state index in [2.05, 4.69) is 5.32 Å². The van der Waals surface area contributed by atoms with Gasteiger partial charge in [0.1, 0.15) is 0 Å². The molecule has 118 valence electrons. The van der Waals surface area contributed by atoms with Crippen molar-refractivity contribution in [2.24, 2.45) is 0 Å². The van der Waals surface area contributed by atoms with E-state index in [0.717, 1.165) is 6.42 Å². The maximum absolute atomic E-state index is 12.1. The zero-order chi connectivity index (χ0) is 16.1. The molecule has 1 saturated heterocycles. The molecule has 2 rings (SSSR count). The van der Waals surface area contributed by atoms with Gasteiger partial charge in [0.25, 0.3) is 5.91 Å². The number of carbonyl (C=O) groups is 3. The molecule has 1 aromatic rings. The minimum Gasteiger partial charge on any atom is -0.385 e. The maximum Gasteiger partial charge on any atom is 0.251 e. The van der Waals surface area contributed by atoms with E-state index in [9.17, 15) is 14.4 Å². The van der Waals surface area contributed by atoms with Crippen LogP contribution in [0.2, 0.25) is 0 Å². The molecule has 1 aromatic carbocycles. The zero-order valence-electron chi connectivity index (χ0n) is 12.8. The summed E-state index contributed by atoms with van der Waals surface area (Å²) in [6.07, 6.45) is 1.23. The summed E-state index contributed by atoms with van der Waals surface area (Å²) in [6, 6.07) is 6.49. The molecule has 1 N–H and O–H groups in total. The molecule has 1 fully saturated rings. The van der Waals surface area contributed by atoms with Crippen LogP contribution < -0.4 is 10.2 Å². The Bertz CT molecular complexity index is 552. The number of benzene rings is 1. The van der Waals surface area contributed by atoms with E-state index >= 15 is 0 Å². The first-order valence-electron chi connectivity index (χ1n) is 7.28. The fourth-order valence-electron chi connectivity index (χ4n) is 2.30. The number of methoxy groups -OCH3 is 1. The van der Waals surface area contributed by atoms with Crippen molar-refractivity contribution in [1.29, 1.82) is 0 Å². The molecule has 0 aromatic heterocycles. The van der Waals surface area contributed by atoms with Gasteiger partial charge in [-0.1, -0.05) is 0 Å². The first-order valence-corrected chi connectivity index (χ1v) is 7.28. The van der Waals surface area contributed by atoms with E-state index in [1.807, 2.05) is 6.92 Å². The number of hydrogen-bond donors (Lipinski definition) is 1. The van der Waals surface area contributed by atoms with E-state index in [0.29, 0.717) is 17.9 Å². The molecule has 0 radical (unpaired) electrons. The number of nitrogens with zero attached hydrogens (tertiary/aromatic N) is 1. The van der Waals surface area contributed by atoms with Crippen LogP contribution in [0.1, 0.15) is 36.5 Å². The second kappa shape index (κ2) is 7.17. The number of rotatable bonds is 6. The van der Waals surface area contributed by atoms with Gasteiger partial charge in [-0.3, -0.25) is 19.3 Å². The van der Waals surface area contributed by atoms with Gasteiger partial charge in [0.2, 0.25) is 11.8 Å². The topological polar surface area (TPSA) is 75.7 Å². The SMILES string of the molecule is COCC[C@H](C)NC(=O)c1ccc(N2C(=O)CCC2=O)cc1. The fraction of sp³-hybridized carbons (Fsp3) is 0.438. The van der Waals surface area contributed by atoms with Crippen LogP contribution in [0.4, 0.5) is 5.69 Å². The lowest BCUT2D eigenvalue weighted by molar-refractivity contribution is -0.121. The Morgan fingerprint density at radius 3 is 2.36 bits per heavy atom. The molecule has 6 nitrogen and oxygen atoms in total. The predicted molar refractivity (Wildman–Crippen MR) is 81.6 cm³/mol. The van der Waals surface area contributed by atoms with Gasteiger partial charge in [-0.15, -0.1) is 0 Å². The van der Waals surface area contributed by atoms with Crippen LogP contribution in [0.5, 0.6) is 0 Å². The first-order chi connectivity index (χ1) is 10.5. The Morgan fingerprint density at radius 2 is 1.82 bits per heavy atom. The highest BCUT2D eigenvalue weighted by Crippen LogP contribution is 2.22. The summed E-state index contributed by atoms with van der Waals surface area (Å²) in [5.41, 5.74) is 1.00. The highest BCUT2D eigenvalue weighted by molar-refractivity contribution is 6.19. The van der Waals surface area contributed by atoms with Crippen molar-refractivity contribution in [2.45, 2.75) is 32.2 Å². The summed E-state index contributed by atoms with van der Waals surface area (Å²) in [5, 5.41) is 2.87. The van der Waals surface area contributed by atoms with Gasteiger partial charge in [-0.25, -0.2) is 0 Å². The van der Waals surface area contributed by atoms with Crippen molar-refractivity contribution in [3.05, 3.63) is 29.8 Å². The van der Waals surface area contributed by atoms with Crippen LogP contribution in [0.3, 0.4) is 0 Å². The van der Waals surface area contributed by atoms with E-state index in [1.54, 1.807) is 31.4 Å². The minimum absolute atomic E-state index is 0.00821. The number of ether oxygens (including phenoxy) is 1. The summed E-state index contributed by atoms with van der Waals surface area (Å²) in [4.78, 5) is 36.6. The quantitative estimate of drug-likeness (QED) is 0.808. The molecule has 0 unspecified atom stereocenters. The first kappa shape index (κ1) is 16.2. The minimum atomic E-state index is -0.199. The van der Waals surface area contributed by atoms with Crippen LogP contribution in [0.15, 0.2) is 24.3 Å². The van der Waals surface area contributed by atoms with E-state index in [4.69, 9.17) is 4.74 Å². The van der Waals surface area contributed by atoms with Gasteiger partial charge >= 0.3 is 0 Å². The smallest absolute Gasteiger partial charge is 0.251 e. The van der Waals surface area contributed by atoms with E-state index in [-0.39, 0.29) is 36.6 Å². The Balaban J connectivity index is 2.01. The largest absolute Gasteiger partial charge is 0.385 e. The van der Waals surface area contributed by atoms with Crippen molar-refractivity contribution in [3.8, 4) is 0 Å². The number of amides is 3. The molecule has 1 heterocycles. The van der Waals surface area contributed by atoms with Crippen LogP contribution in [0, 0.1) is 0 Å². The molecular formula is C16H20N2O4. The number of hydrogen-bond acceptors (Lipinski definition) is 4. The Labute approximate surface area is 129 Å². The van der Waals surface area contributed by atoms with Gasteiger partial charge in [-0.05, 0) is 37.6 Å². The predicted octanol–water partition coefficient (Wildman–Crippen LogP) is 1.49. The molecule has 1 aliphatic rings. The molecule has 0 spiro atoms. The molecule has 0 bridgehead atoms. The van der Waals surface area contributed by atoms with Crippen molar-refractivity contribution < 1.29 is 19.1 Å². The third kappa shape index (κ3) is 3.71. The van der Waals surface area contributed by atoms with Crippen molar-refractivity contribution in [2.75, 3.05) is 18.6 Å². The molecule has 6 heteroatoms. The van der Waals surface area contributed by atoms with Gasteiger partial charge in [-0.2, -0.15) is 0 Å². The van der Waals surface area contributed by atoms with Gasteiger partial charge in [0.15, 0.2) is 0 Å². The molecule has 3 amide bonds. The second-order valence-corrected chi connectivity index (χ2v) is 5.33. The molecule has 0 aliphatic carbocycles. The monoisotopic (exact) mass is 304 g/mol. The number of imide groups is 1. The van der Waals surface area contributed by atoms with Crippen molar-refractivity contribution in [3.63, 3.8) is 0 Å². The van der Waals surface area contributed by atoms with E-state index < -0.39 is 0 Å². The second-order valence-electron chi connectivity index (χ2n) is 5.33. The highest BCUT2D eigenvalue weighted by Gasteiger charge is 2.30. The summed E-state index contributed by atoms with van der Waals surface area (Å²) >= 11 is 0. The standard InChI is InChI=1S/C16H20N2O4/c1-11(9-10-22-2)17-16(21)12-3-5-13(6-4-12)18-14(19)7-8-15(18)20/h3-6,11H,7-10H2,1-2H3,(H,17,21)/t11-/m0/s1. The van der Waals surface area contributed by atoms with Crippen molar-refractivity contribution in [1.82, 2.24) is 5.32 Å².